The van der Waals surface area contributed by atoms with E-state index in [0.29, 0.717) is 23.7 Å². The van der Waals surface area contributed by atoms with Gasteiger partial charge in [-0.15, -0.1) is 0 Å². The molecule has 0 aliphatic carbocycles. The van der Waals surface area contributed by atoms with Crippen molar-refractivity contribution in [3.8, 4) is 5.69 Å². The summed E-state index contributed by atoms with van der Waals surface area (Å²) in [5.74, 6) is 0.0559. The maximum absolute atomic E-state index is 12.9. The Hall–Kier alpha value is -2.86. The van der Waals surface area contributed by atoms with Crippen molar-refractivity contribution in [1.29, 1.82) is 0 Å². The number of rotatable bonds is 3. The molecule has 0 spiro atoms. The van der Waals surface area contributed by atoms with Crippen LogP contribution in [0.2, 0.25) is 5.02 Å². The lowest BCUT2D eigenvalue weighted by molar-refractivity contribution is 0.0747. The number of pyridine rings is 1. The zero-order chi connectivity index (χ0) is 19.7. The molecule has 0 saturated carbocycles. The molecule has 0 radical (unpaired) electrons. The van der Waals surface area contributed by atoms with Gasteiger partial charge in [-0.05, 0) is 50.2 Å². The molecule has 1 amide bonds. The van der Waals surface area contributed by atoms with Crippen LogP contribution < -0.4 is 4.90 Å². The van der Waals surface area contributed by atoms with Crippen molar-refractivity contribution in [2.24, 2.45) is 0 Å². The van der Waals surface area contributed by atoms with Crippen molar-refractivity contribution in [3.63, 3.8) is 0 Å². The second-order valence-corrected chi connectivity index (χ2v) is 7.40. The van der Waals surface area contributed by atoms with Gasteiger partial charge in [-0.3, -0.25) is 9.78 Å². The van der Waals surface area contributed by atoms with Crippen LogP contribution in [-0.2, 0) is 0 Å². The smallest absolute Gasteiger partial charge is 0.253 e. The summed E-state index contributed by atoms with van der Waals surface area (Å²) in [7, 11) is 0. The van der Waals surface area contributed by atoms with E-state index in [1.54, 1.807) is 12.4 Å². The molecule has 0 N–H and O–H groups in total. The molecule has 7 heteroatoms. The van der Waals surface area contributed by atoms with Crippen LogP contribution in [0.1, 0.15) is 21.7 Å². The van der Waals surface area contributed by atoms with Gasteiger partial charge in [0.05, 0.1) is 22.1 Å². The second-order valence-electron chi connectivity index (χ2n) is 6.99. The number of hydrogen-bond acceptors (Lipinski definition) is 4. The Labute approximate surface area is 169 Å². The number of carbonyl (C=O) groups is 1. The molecule has 1 aliphatic rings. The monoisotopic (exact) mass is 395 g/mol. The third kappa shape index (κ3) is 3.60. The number of piperazine rings is 1. The second kappa shape index (κ2) is 7.64. The van der Waals surface area contributed by atoms with E-state index in [2.05, 4.69) is 15.0 Å². The summed E-state index contributed by atoms with van der Waals surface area (Å²) < 4.78 is 1.89. The van der Waals surface area contributed by atoms with Gasteiger partial charge in [-0.25, -0.2) is 4.68 Å². The topological polar surface area (TPSA) is 54.3 Å². The fraction of sp³-hybridized carbons (Fsp3) is 0.286. The number of nitrogens with zero attached hydrogens (tertiary/aromatic N) is 5. The Morgan fingerprint density at radius 3 is 2.36 bits per heavy atom. The SMILES string of the molecule is Cc1cc(C)n(-c2ccc(C(=O)N3CCN(c4ccncc4Cl)CC3)cc2)n1. The number of benzene rings is 1. The first-order chi connectivity index (χ1) is 13.5. The van der Waals surface area contributed by atoms with Gasteiger partial charge < -0.3 is 9.80 Å². The van der Waals surface area contributed by atoms with E-state index in [1.807, 2.05) is 59.8 Å². The molecule has 6 nitrogen and oxygen atoms in total. The predicted molar refractivity (Wildman–Crippen MR) is 110 cm³/mol. The van der Waals surface area contributed by atoms with Crippen molar-refractivity contribution < 1.29 is 4.79 Å². The van der Waals surface area contributed by atoms with E-state index in [1.165, 1.54) is 0 Å². The van der Waals surface area contributed by atoms with Crippen LogP contribution in [0.4, 0.5) is 5.69 Å². The summed E-state index contributed by atoms with van der Waals surface area (Å²) in [4.78, 5) is 21.0. The number of carbonyl (C=O) groups excluding carboxylic acids is 1. The molecule has 0 unspecified atom stereocenters. The first kappa shape index (κ1) is 18.5. The van der Waals surface area contributed by atoms with Crippen LogP contribution in [-0.4, -0.2) is 51.8 Å². The van der Waals surface area contributed by atoms with Crippen molar-refractivity contribution in [2.75, 3.05) is 31.1 Å². The van der Waals surface area contributed by atoms with Crippen LogP contribution in [0.5, 0.6) is 0 Å². The van der Waals surface area contributed by atoms with E-state index in [9.17, 15) is 4.79 Å². The third-order valence-corrected chi connectivity index (χ3v) is 5.32. The van der Waals surface area contributed by atoms with Gasteiger partial charge >= 0.3 is 0 Å². The minimum absolute atomic E-state index is 0.0559. The molecule has 1 aromatic carbocycles. The fourth-order valence-corrected chi connectivity index (χ4v) is 3.83. The lowest BCUT2D eigenvalue weighted by Gasteiger charge is -2.36. The van der Waals surface area contributed by atoms with Crippen molar-refractivity contribution in [2.45, 2.75) is 13.8 Å². The summed E-state index contributed by atoms with van der Waals surface area (Å²) in [6, 6.07) is 11.6. The zero-order valence-corrected chi connectivity index (χ0v) is 16.7. The van der Waals surface area contributed by atoms with Crippen LogP contribution in [0.25, 0.3) is 5.69 Å². The Bertz CT molecular complexity index is 990. The minimum atomic E-state index is 0.0559. The average Bonchev–Trinajstić information content (AvgIpc) is 3.06. The largest absolute Gasteiger partial charge is 0.367 e. The molecule has 4 rings (SSSR count). The van der Waals surface area contributed by atoms with E-state index in [4.69, 9.17) is 11.6 Å². The maximum Gasteiger partial charge on any atom is 0.253 e. The fourth-order valence-electron chi connectivity index (χ4n) is 3.59. The highest BCUT2D eigenvalue weighted by Gasteiger charge is 2.23. The van der Waals surface area contributed by atoms with Crippen molar-refractivity contribution in [3.05, 3.63) is 70.8 Å². The van der Waals surface area contributed by atoms with Crippen LogP contribution in [0, 0.1) is 13.8 Å². The van der Waals surface area contributed by atoms with Crippen molar-refractivity contribution in [1.82, 2.24) is 19.7 Å². The molecule has 3 heterocycles. The summed E-state index contributed by atoms with van der Waals surface area (Å²) in [6.45, 7) is 6.82. The van der Waals surface area contributed by atoms with Gasteiger partial charge in [-0.1, -0.05) is 11.6 Å². The highest BCUT2D eigenvalue weighted by molar-refractivity contribution is 6.33. The highest BCUT2D eigenvalue weighted by atomic mass is 35.5. The summed E-state index contributed by atoms with van der Waals surface area (Å²) >= 11 is 6.24. The molecular weight excluding hydrogens is 374 g/mol. The van der Waals surface area contributed by atoms with Gasteiger partial charge in [0.2, 0.25) is 0 Å². The molecule has 28 heavy (non-hydrogen) atoms. The molecule has 0 bridgehead atoms. The minimum Gasteiger partial charge on any atom is -0.367 e. The zero-order valence-electron chi connectivity index (χ0n) is 16.0. The van der Waals surface area contributed by atoms with Gasteiger partial charge in [0, 0.05) is 49.8 Å². The number of amides is 1. The summed E-state index contributed by atoms with van der Waals surface area (Å²) in [5, 5.41) is 5.13. The molecule has 1 aliphatic heterocycles. The first-order valence-corrected chi connectivity index (χ1v) is 9.68. The number of halogens is 1. The Balaban J connectivity index is 1.43. The van der Waals surface area contributed by atoms with E-state index < -0.39 is 0 Å². The third-order valence-electron chi connectivity index (χ3n) is 5.03. The normalized spacial score (nSPS) is 14.4. The highest BCUT2D eigenvalue weighted by Crippen LogP contribution is 2.25. The number of hydrogen-bond donors (Lipinski definition) is 0. The Morgan fingerprint density at radius 1 is 1.04 bits per heavy atom. The van der Waals surface area contributed by atoms with Gasteiger partial charge in [0.1, 0.15) is 0 Å². The van der Waals surface area contributed by atoms with E-state index >= 15 is 0 Å². The van der Waals surface area contributed by atoms with Crippen LogP contribution in [0.15, 0.2) is 48.8 Å². The molecular formula is C21H22ClN5O. The van der Waals surface area contributed by atoms with Gasteiger partial charge in [0.25, 0.3) is 5.91 Å². The molecule has 144 valence electrons. The Morgan fingerprint density at radius 2 is 1.75 bits per heavy atom. The molecule has 2 aromatic heterocycles. The van der Waals surface area contributed by atoms with Gasteiger partial charge in [-0.2, -0.15) is 5.10 Å². The summed E-state index contributed by atoms with van der Waals surface area (Å²) in [5.41, 5.74) is 4.67. The number of anilines is 1. The molecule has 3 aromatic rings. The van der Waals surface area contributed by atoms with Crippen molar-refractivity contribution >= 4 is 23.2 Å². The molecule has 1 fully saturated rings. The van der Waals surface area contributed by atoms with Gasteiger partial charge in [0.15, 0.2) is 0 Å². The van der Waals surface area contributed by atoms with E-state index in [-0.39, 0.29) is 5.91 Å². The lowest BCUT2D eigenvalue weighted by Crippen LogP contribution is -2.48. The number of aryl methyl sites for hydroxylation is 2. The summed E-state index contributed by atoms with van der Waals surface area (Å²) in [6.07, 6.45) is 3.39. The first-order valence-electron chi connectivity index (χ1n) is 9.30. The van der Waals surface area contributed by atoms with E-state index in [0.717, 1.165) is 35.9 Å². The Kier molecular flexibility index (Phi) is 5.05. The predicted octanol–water partition coefficient (Wildman–Crippen LogP) is 3.50. The standard InChI is InChI=1S/C21H22ClN5O/c1-15-13-16(2)27(24-15)18-5-3-17(4-6-18)21(28)26-11-9-25(10-12-26)20-7-8-23-14-19(20)22/h3-8,13-14H,9-12H2,1-2H3. The molecule has 0 atom stereocenters. The quantitative estimate of drug-likeness (QED) is 0.681. The average molecular weight is 396 g/mol. The lowest BCUT2D eigenvalue weighted by atomic mass is 10.1. The van der Waals surface area contributed by atoms with Crippen LogP contribution >= 0.6 is 11.6 Å². The maximum atomic E-state index is 12.9. The molecule has 1 saturated heterocycles. The number of aromatic nitrogens is 3. The van der Waals surface area contributed by atoms with Crippen LogP contribution in [0.3, 0.4) is 0 Å².